The van der Waals surface area contributed by atoms with Crippen molar-refractivity contribution in [3.05, 3.63) is 35.4 Å². The van der Waals surface area contributed by atoms with Crippen LogP contribution in [0.4, 0.5) is 0 Å². The molecule has 0 aliphatic heterocycles. The Morgan fingerprint density at radius 2 is 1.52 bits per heavy atom. The van der Waals surface area contributed by atoms with Crippen molar-refractivity contribution in [3.8, 4) is 0 Å². The number of hydrogen-bond donors (Lipinski definition) is 2. The van der Waals surface area contributed by atoms with Gasteiger partial charge in [0.15, 0.2) is 0 Å². The summed E-state index contributed by atoms with van der Waals surface area (Å²) in [6.07, 6.45) is 0.330. The molecule has 1 aromatic carbocycles. The Morgan fingerprint density at radius 3 is 2.00 bits per heavy atom. The second kappa shape index (κ2) is 7.02. The van der Waals surface area contributed by atoms with Crippen LogP contribution in [0.5, 0.6) is 0 Å². The Bertz CT molecular complexity index is 460. The average molecular weight is 294 g/mol. The van der Waals surface area contributed by atoms with Gasteiger partial charge in [0.1, 0.15) is 19.6 Å². The van der Waals surface area contributed by atoms with E-state index in [9.17, 15) is 4.79 Å². The first-order chi connectivity index (χ1) is 9.61. The minimum Gasteiger partial charge on any atom is -0.326 e. The summed E-state index contributed by atoms with van der Waals surface area (Å²) in [6, 6.07) is 8.21. The third-order valence-electron chi connectivity index (χ3n) is 3.54. The van der Waals surface area contributed by atoms with E-state index in [4.69, 9.17) is 5.84 Å². The lowest BCUT2D eigenvalue weighted by Gasteiger charge is -2.33. The third kappa shape index (κ3) is 7.22. The molecule has 0 heterocycles. The zero-order chi connectivity index (χ0) is 16.1. The molecule has 0 aliphatic carbocycles. The molecule has 0 unspecified atom stereocenters. The van der Waals surface area contributed by atoms with Gasteiger partial charge in [-0.3, -0.25) is 10.2 Å². The first-order valence-corrected chi connectivity index (χ1v) is 7.31. The number of carbonyl (C=O) groups excluding carboxylic acids is 1. The first kappa shape index (κ1) is 17.6. The molecule has 21 heavy (non-hydrogen) atoms. The van der Waals surface area contributed by atoms with Crippen LogP contribution in [0.25, 0.3) is 0 Å². The summed E-state index contributed by atoms with van der Waals surface area (Å²) in [5, 5.41) is 0. The largest absolute Gasteiger partial charge is 0.326 e. The van der Waals surface area contributed by atoms with Gasteiger partial charge in [0.2, 0.25) is 5.91 Å². The topological polar surface area (TPSA) is 55.1 Å². The first-order valence-electron chi connectivity index (χ1n) is 7.31. The molecule has 0 saturated carbocycles. The number of quaternary nitrogens is 2. The molecule has 3 N–H and O–H groups in total. The number of nitrogens with two attached hydrogens (primary N) is 1. The van der Waals surface area contributed by atoms with E-state index in [0.29, 0.717) is 6.42 Å². The van der Waals surface area contributed by atoms with Gasteiger partial charge in [0.25, 0.3) is 0 Å². The summed E-state index contributed by atoms with van der Waals surface area (Å²) in [4.78, 5) is 11.2. The van der Waals surface area contributed by atoms with E-state index in [-0.39, 0.29) is 5.91 Å². The Kier molecular flexibility index (Phi) is 5.89. The van der Waals surface area contributed by atoms with E-state index < -0.39 is 0 Å². The normalized spacial score (nSPS) is 12.3. The number of hydrazine groups is 1. The fraction of sp³-hybridized carbons (Fsp3) is 0.562. The van der Waals surface area contributed by atoms with Crippen LogP contribution in [-0.2, 0) is 17.8 Å². The quantitative estimate of drug-likeness (QED) is 0.333. The number of nitrogens with zero attached hydrogens (tertiary/aromatic N) is 2. The molecule has 0 spiro atoms. The van der Waals surface area contributed by atoms with Crippen molar-refractivity contribution in [3.63, 3.8) is 0 Å². The van der Waals surface area contributed by atoms with Crippen LogP contribution >= 0.6 is 0 Å². The van der Waals surface area contributed by atoms with Crippen molar-refractivity contribution in [2.75, 3.05) is 48.3 Å². The Morgan fingerprint density at radius 1 is 1.00 bits per heavy atom. The van der Waals surface area contributed by atoms with E-state index in [1.807, 2.05) is 12.1 Å². The molecule has 1 rings (SSSR count). The van der Waals surface area contributed by atoms with Gasteiger partial charge in [-0.1, -0.05) is 24.3 Å². The van der Waals surface area contributed by atoms with Crippen molar-refractivity contribution in [1.29, 1.82) is 0 Å². The summed E-state index contributed by atoms with van der Waals surface area (Å²) in [6.45, 7) is 3.26. The van der Waals surface area contributed by atoms with Gasteiger partial charge in [0, 0.05) is 5.56 Å². The molecule has 5 nitrogen and oxygen atoms in total. The van der Waals surface area contributed by atoms with Gasteiger partial charge in [-0.2, -0.15) is 0 Å². The summed E-state index contributed by atoms with van der Waals surface area (Å²) in [5.74, 6) is 4.93. The second-order valence-electron chi connectivity index (χ2n) is 7.39. The molecular weight excluding hydrogens is 264 g/mol. The van der Waals surface area contributed by atoms with E-state index in [0.717, 1.165) is 34.2 Å². The molecule has 0 fully saturated rings. The third-order valence-corrected chi connectivity index (χ3v) is 3.54. The summed E-state index contributed by atoms with van der Waals surface area (Å²) >= 11 is 0. The van der Waals surface area contributed by atoms with Gasteiger partial charge in [-0.25, -0.2) is 5.84 Å². The van der Waals surface area contributed by atoms with E-state index in [1.165, 1.54) is 5.56 Å². The number of nitrogens with one attached hydrogen (secondary N) is 1. The van der Waals surface area contributed by atoms with Gasteiger partial charge < -0.3 is 8.97 Å². The maximum atomic E-state index is 11.2. The molecule has 1 aromatic rings. The van der Waals surface area contributed by atoms with Gasteiger partial charge in [-0.05, 0) is 5.56 Å². The maximum absolute atomic E-state index is 11.2. The minimum absolute atomic E-state index is 0.165. The molecule has 1 amide bonds. The summed E-state index contributed by atoms with van der Waals surface area (Å²) in [5.41, 5.74) is 4.43. The highest BCUT2D eigenvalue weighted by molar-refractivity contribution is 5.77. The molecule has 5 heteroatoms. The number of carbonyl (C=O) groups is 1. The Hall–Kier alpha value is -1.43. The van der Waals surface area contributed by atoms with Gasteiger partial charge in [-0.15, -0.1) is 0 Å². The highest BCUT2D eigenvalue weighted by Gasteiger charge is 2.20. The van der Waals surface area contributed by atoms with Gasteiger partial charge in [0.05, 0.1) is 41.7 Å². The molecule has 0 aliphatic rings. The lowest BCUT2D eigenvalue weighted by Crippen LogP contribution is -2.48. The van der Waals surface area contributed by atoms with Crippen molar-refractivity contribution in [1.82, 2.24) is 5.43 Å². The van der Waals surface area contributed by atoms with Crippen molar-refractivity contribution in [2.45, 2.75) is 13.0 Å². The zero-order valence-corrected chi connectivity index (χ0v) is 14.0. The molecule has 118 valence electrons. The minimum atomic E-state index is -0.165. The van der Waals surface area contributed by atoms with E-state index in [2.05, 4.69) is 52.8 Å². The van der Waals surface area contributed by atoms with Crippen LogP contribution in [0, 0.1) is 0 Å². The number of likely N-dealkylation sites (N-methyl/N-ethyl adjacent to an activating group) is 2. The lowest BCUT2D eigenvalue weighted by molar-refractivity contribution is -0.945. The van der Waals surface area contributed by atoms with Crippen LogP contribution in [0.15, 0.2) is 24.3 Å². The smallest absolute Gasteiger partial charge is 0.238 e. The van der Waals surface area contributed by atoms with Crippen LogP contribution in [0.2, 0.25) is 0 Å². The van der Waals surface area contributed by atoms with Crippen LogP contribution < -0.4 is 11.3 Å². The molecule has 0 radical (unpaired) electrons. The number of amides is 1. The van der Waals surface area contributed by atoms with Crippen molar-refractivity contribution < 1.29 is 13.8 Å². The molecule has 0 bridgehead atoms. The van der Waals surface area contributed by atoms with Crippen molar-refractivity contribution in [2.24, 2.45) is 5.84 Å². The highest BCUT2D eigenvalue weighted by Crippen LogP contribution is 2.12. The predicted octanol–water partition coefficient (Wildman–Crippen LogP) is 0.502. The van der Waals surface area contributed by atoms with E-state index in [1.54, 1.807) is 0 Å². The van der Waals surface area contributed by atoms with Crippen LogP contribution in [0.1, 0.15) is 11.1 Å². The van der Waals surface area contributed by atoms with E-state index >= 15 is 0 Å². The standard InChI is InChI=1S/C16H29N4O/c1-19(2,3)10-11-20(4,5)13-15-8-6-14(7-9-15)12-16(21)18-17/h6-9H,10-13,17H2,1-5H3/q+1/p+1. The molecule has 0 saturated heterocycles. The molecule has 0 atom stereocenters. The summed E-state index contributed by atoms with van der Waals surface area (Å²) < 4.78 is 1.94. The number of benzene rings is 1. The number of hydrogen-bond acceptors (Lipinski definition) is 2. The zero-order valence-electron chi connectivity index (χ0n) is 14.0. The average Bonchev–Trinajstić information content (AvgIpc) is 2.38. The Balaban J connectivity index is 2.60. The monoisotopic (exact) mass is 294 g/mol. The predicted molar refractivity (Wildman–Crippen MR) is 86.1 cm³/mol. The Labute approximate surface area is 128 Å². The highest BCUT2D eigenvalue weighted by atomic mass is 16.2. The molecular formula is C16H30N4O+2. The van der Waals surface area contributed by atoms with Crippen LogP contribution in [0.3, 0.4) is 0 Å². The van der Waals surface area contributed by atoms with Crippen molar-refractivity contribution >= 4 is 5.91 Å². The SMILES string of the molecule is C[N+](C)(C)CC[N+](C)(C)Cc1ccc(CC(=O)NN)cc1. The second-order valence-corrected chi connectivity index (χ2v) is 7.39. The molecule has 0 aromatic heterocycles. The van der Waals surface area contributed by atoms with Crippen LogP contribution in [-0.4, -0.2) is 63.2 Å². The maximum Gasteiger partial charge on any atom is 0.238 e. The fourth-order valence-electron chi connectivity index (χ4n) is 2.14. The fourth-order valence-corrected chi connectivity index (χ4v) is 2.14. The summed E-state index contributed by atoms with van der Waals surface area (Å²) in [7, 11) is 11.2. The lowest BCUT2D eigenvalue weighted by atomic mass is 10.1. The number of rotatable bonds is 7. The van der Waals surface area contributed by atoms with Gasteiger partial charge >= 0.3 is 0 Å².